The molecule has 4 rings (SSSR count). The molecule has 1 saturated carbocycles. The van der Waals surface area contributed by atoms with Crippen molar-refractivity contribution in [1.29, 1.82) is 0 Å². The summed E-state index contributed by atoms with van der Waals surface area (Å²) in [5.74, 6) is 2.04. The fourth-order valence-corrected chi connectivity index (χ4v) is 4.90. The van der Waals surface area contributed by atoms with Crippen molar-refractivity contribution in [3.63, 3.8) is 0 Å². The minimum absolute atomic E-state index is 0.0000215. The van der Waals surface area contributed by atoms with Crippen molar-refractivity contribution in [2.24, 2.45) is 5.92 Å². The van der Waals surface area contributed by atoms with Gasteiger partial charge in [-0.05, 0) is 43.0 Å². The van der Waals surface area contributed by atoms with Gasteiger partial charge in [-0.3, -0.25) is 4.79 Å². The molecule has 0 spiro atoms. The number of unbranched alkanes of at least 4 members (excludes halogenated alkanes) is 1. The first kappa shape index (κ1) is 17.3. The van der Waals surface area contributed by atoms with Gasteiger partial charge >= 0.3 is 0 Å². The van der Waals surface area contributed by atoms with Gasteiger partial charge in [0, 0.05) is 23.7 Å². The summed E-state index contributed by atoms with van der Waals surface area (Å²) in [4.78, 5) is 13.7. The van der Waals surface area contributed by atoms with Gasteiger partial charge < -0.3 is 14.2 Å². The topological polar surface area (TPSA) is 44.8 Å². The number of allylic oxidation sites excluding steroid dienone is 2. The largest absolute Gasteiger partial charge is 0.497 e. The molecule has 138 valence electrons. The number of carbonyl (C=O) groups excluding carboxylic acids is 1. The zero-order valence-corrected chi connectivity index (χ0v) is 15.7. The number of ketones is 1. The molecule has 0 radical (unpaired) electrons. The number of benzene rings is 1. The third kappa shape index (κ3) is 2.21. The molecular formula is C22H26O4. The molecule has 1 aromatic rings. The molecule has 4 nitrogen and oxygen atoms in total. The van der Waals surface area contributed by atoms with Crippen LogP contribution in [0.2, 0.25) is 0 Å². The first-order valence-corrected chi connectivity index (χ1v) is 9.48. The second-order valence-corrected chi connectivity index (χ2v) is 7.31. The van der Waals surface area contributed by atoms with Crippen LogP contribution in [0.15, 0.2) is 47.2 Å². The van der Waals surface area contributed by atoms with Crippen LogP contribution in [-0.4, -0.2) is 32.7 Å². The summed E-state index contributed by atoms with van der Waals surface area (Å²) >= 11 is 0. The van der Waals surface area contributed by atoms with E-state index < -0.39 is 5.41 Å². The number of fused-ring (bicyclic) bond motifs is 4. The number of methoxy groups -OCH3 is 2. The SMILES string of the molecule is CCCCC1=CC(OC)=C2C3OCCC3C2(c2ccc(OC)cc2)C1=O. The Morgan fingerprint density at radius 3 is 2.62 bits per heavy atom. The van der Waals surface area contributed by atoms with Crippen molar-refractivity contribution in [2.75, 3.05) is 20.8 Å². The minimum Gasteiger partial charge on any atom is -0.497 e. The number of carbonyl (C=O) groups is 1. The van der Waals surface area contributed by atoms with Gasteiger partial charge in [0.1, 0.15) is 11.5 Å². The van der Waals surface area contributed by atoms with Crippen LogP contribution in [0.4, 0.5) is 0 Å². The molecule has 0 aromatic heterocycles. The summed E-state index contributed by atoms with van der Waals surface area (Å²) in [5.41, 5.74) is 2.30. The van der Waals surface area contributed by atoms with E-state index >= 15 is 0 Å². The molecule has 2 fully saturated rings. The zero-order chi connectivity index (χ0) is 18.3. The van der Waals surface area contributed by atoms with Gasteiger partial charge in [-0.25, -0.2) is 0 Å². The quantitative estimate of drug-likeness (QED) is 0.776. The molecule has 1 aliphatic heterocycles. The summed E-state index contributed by atoms with van der Waals surface area (Å²) in [6.45, 7) is 2.85. The van der Waals surface area contributed by atoms with Gasteiger partial charge in [-0.15, -0.1) is 0 Å². The van der Waals surface area contributed by atoms with Crippen molar-refractivity contribution in [3.8, 4) is 5.75 Å². The predicted molar refractivity (Wildman–Crippen MR) is 99.2 cm³/mol. The highest BCUT2D eigenvalue weighted by Gasteiger charge is 2.68. The maximum atomic E-state index is 13.7. The van der Waals surface area contributed by atoms with Gasteiger partial charge in [-0.2, -0.15) is 0 Å². The lowest BCUT2D eigenvalue weighted by Gasteiger charge is -2.55. The summed E-state index contributed by atoms with van der Waals surface area (Å²) < 4.78 is 17.0. The molecule has 3 unspecified atom stereocenters. The monoisotopic (exact) mass is 354 g/mol. The molecule has 1 heterocycles. The fraction of sp³-hybridized carbons (Fsp3) is 0.500. The van der Waals surface area contributed by atoms with E-state index in [9.17, 15) is 4.79 Å². The Morgan fingerprint density at radius 1 is 1.19 bits per heavy atom. The van der Waals surface area contributed by atoms with E-state index in [0.717, 1.165) is 53.9 Å². The highest BCUT2D eigenvalue weighted by molar-refractivity contribution is 6.10. The average Bonchev–Trinajstić information content (AvgIpc) is 3.09. The van der Waals surface area contributed by atoms with Crippen LogP contribution in [0.1, 0.15) is 38.2 Å². The van der Waals surface area contributed by atoms with E-state index in [1.807, 2.05) is 30.3 Å². The molecule has 0 amide bonds. The number of hydrogen-bond acceptors (Lipinski definition) is 4. The van der Waals surface area contributed by atoms with Crippen molar-refractivity contribution >= 4 is 5.78 Å². The van der Waals surface area contributed by atoms with E-state index in [1.165, 1.54) is 0 Å². The first-order valence-electron chi connectivity index (χ1n) is 9.48. The van der Waals surface area contributed by atoms with Gasteiger partial charge in [0.05, 0.1) is 25.7 Å². The van der Waals surface area contributed by atoms with E-state index in [1.54, 1.807) is 14.2 Å². The van der Waals surface area contributed by atoms with Gasteiger partial charge in [-0.1, -0.05) is 25.5 Å². The van der Waals surface area contributed by atoms with Crippen molar-refractivity contribution in [3.05, 3.63) is 52.8 Å². The normalized spacial score (nSPS) is 29.7. The Hall–Kier alpha value is -2.07. The fourth-order valence-electron chi connectivity index (χ4n) is 4.90. The van der Waals surface area contributed by atoms with Crippen LogP contribution in [0.25, 0.3) is 0 Å². The number of rotatable bonds is 6. The van der Waals surface area contributed by atoms with Crippen LogP contribution in [-0.2, 0) is 19.7 Å². The van der Waals surface area contributed by atoms with Gasteiger partial charge in [0.15, 0.2) is 5.78 Å². The second-order valence-electron chi connectivity index (χ2n) is 7.31. The molecule has 1 saturated heterocycles. The lowest BCUT2D eigenvalue weighted by atomic mass is 9.47. The highest BCUT2D eigenvalue weighted by Crippen LogP contribution is 2.62. The Morgan fingerprint density at radius 2 is 1.96 bits per heavy atom. The molecule has 4 heteroatoms. The molecular weight excluding hydrogens is 328 g/mol. The van der Waals surface area contributed by atoms with E-state index in [4.69, 9.17) is 14.2 Å². The molecule has 2 aliphatic carbocycles. The first-order chi connectivity index (χ1) is 12.7. The maximum Gasteiger partial charge on any atom is 0.174 e. The smallest absolute Gasteiger partial charge is 0.174 e. The molecule has 3 atom stereocenters. The average molecular weight is 354 g/mol. The third-order valence-electron chi connectivity index (χ3n) is 6.14. The van der Waals surface area contributed by atoms with E-state index in [-0.39, 0.29) is 17.8 Å². The van der Waals surface area contributed by atoms with Crippen LogP contribution in [0.5, 0.6) is 5.75 Å². The zero-order valence-electron chi connectivity index (χ0n) is 15.7. The van der Waals surface area contributed by atoms with Crippen LogP contribution in [0, 0.1) is 5.92 Å². The van der Waals surface area contributed by atoms with Gasteiger partial charge in [0.25, 0.3) is 0 Å². The Balaban J connectivity index is 1.86. The summed E-state index contributed by atoms with van der Waals surface area (Å²) in [5, 5.41) is 0. The van der Waals surface area contributed by atoms with Crippen LogP contribution in [0.3, 0.4) is 0 Å². The van der Waals surface area contributed by atoms with E-state index in [0.29, 0.717) is 6.61 Å². The number of ether oxygens (including phenoxy) is 3. The standard InChI is InChI=1S/C22H26O4/c1-4-5-6-14-13-18(25-3)19-20-17(11-12-26-20)22(19,21(14)23)15-7-9-16(24-2)10-8-15/h7-10,13,17,20H,4-6,11-12H2,1-3H3. The van der Waals surface area contributed by atoms with Crippen molar-refractivity contribution in [2.45, 2.75) is 44.1 Å². The molecule has 1 aromatic carbocycles. The summed E-state index contributed by atoms with van der Waals surface area (Å²) in [6, 6.07) is 7.94. The second kappa shape index (κ2) is 6.58. The molecule has 26 heavy (non-hydrogen) atoms. The summed E-state index contributed by atoms with van der Waals surface area (Å²) in [6.07, 6.45) is 5.73. The number of hydrogen-bond donors (Lipinski definition) is 0. The lowest BCUT2D eigenvalue weighted by Crippen LogP contribution is -2.62. The molecule has 0 N–H and O–H groups in total. The highest BCUT2D eigenvalue weighted by atomic mass is 16.5. The van der Waals surface area contributed by atoms with Gasteiger partial charge in [0.2, 0.25) is 0 Å². The van der Waals surface area contributed by atoms with Crippen molar-refractivity contribution < 1.29 is 19.0 Å². The maximum absolute atomic E-state index is 13.7. The Labute approximate surface area is 154 Å². The lowest BCUT2D eigenvalue weighted by molar-refractivity contribution is -0.127. The van der Waals surface area contributed by atoms with Crippen molar-refractivity contribution in [1.82, 2.24) is 0 Å². The molecule has 3 aliphatic rings. The molecule has 0 bridgehead atoms. The summed E-state index contributed by atoms with van der Waals surface area (Å²) in [7, 11) is 3.34. The van der Waals surface area contributed by atoms with Crippen LogP contribution < -0.4 is 4.74 Å². The third-order valence-corrected chi connectivity index (χ3v) is 6.14. The van der Waals surface area contributed by atoms with Crippen LogP contribution >= 0.6 is 0 Å². The number of Topliss-reactive ketones (excluding diaryl/α,β-unsaturated/α-hetero) is 1. The minimum atomic E-state index is -0.628. The Bertz CT molecular complexity index is 774. The Kier molecular flexibility index (Phi) is 4.39. The van der Waals surface area contributed by atoms with E-state index in [2.05, 4.69) is 6.92 Å². The predicted octanol–water partition coefficient (Wildman–Crippen LogP) is 3.95.